The topological polar surface area (TPSA) is 84.3 Å². The third-order valence-corrected chi connectivity index (χ3v) is 3.44. The fraction of sp³-hybridized carbons (Fsp3) is 0. The number of hydrogen-bond acceptors (Lipinski definition) is 4. The molecule has 6 nitrogen and oxygen atoms in total. The highest BCUT2D eigenvalue weighted by atomic mass is 35.5. The Balaban J connectivity index is 1.91. The molecule has 8 heteroatoms. The third-order valence-electron chi connectivity index (χ3n) is 2.89. The Hall–Kier alpha value is -2.77. The van der Waals surface area contributed by atoms with Crippen LogP contribution in [0.25, 0.3) is 6.08 Å². The Bertz CT molecular complexity index is 806. The largest absolute Gasteiger partial charge is 0.332 e. The molecule has 24 heavy (non-hydrogen) atoms. The summed E-state index contributed by atoms with van der Waals surface area (Å²) in [5, 5.41) is 16.4. The summed E-state index contributed by atoms with van der Waals surface area (Å²) < 4.78 is 0. The summed E-state index contributed by atoms with van der Waals surface area (Å²) in [4.78, 5) is 21.9. The molecule has 122 valence electrons. The van der Waals surface area contributed by atoms with E-state index >= 15 is 0 Å². The Morgan fingerprint density at radius 2 is 1.83 bits per heavy atom. The molecule has 0 spiro atoms. The van der Waals surface area contributed by atoms with Crippen LogP contribution >= 0.6 is 23.8 Å². The quantitative estimate of drug-likeness (QED) is 0.375. The molecular weight excluding hydrogens is 350 g/mol. The molecule has 2 rings (SSSR count). The van der Waals surface area contributed by atoms with Crippen molar-refractivity contribution in [1.82, 2.24) is 5.32 Å². The van der Waals surface area contributed by atoms with Crippen molar-refractivity contribution < 1.29 is 9.72 Å². The number of thiocarbonyl (C=S) groups is 1. The summed E-state index contributed by atoms with van der Waals surface area (Å²) in [6.45, 7) is 0. The van der Waals surface area contributed by atoms with Gasteiger partial charge in [-0.1, -0.05) is 29.8 Å². The zero-order valence-corrected chi connectivity index (χ0v) is 13.8. The standard InChI is InChI=1S/C16H12ClN3O3S/c17-14-4-2-1-3-11(14)5-10-15(21)19-16(24)18-12-6-8-13(9-7-12)20(22)23/h1-10H,(H2,18,19,21,24)/b10-5+. The second-order valence-corrected chi connectivity index (χ2v) is 5.42. The van der Waals surface area contributed by atoms with Crippen LogP contribution in [0.1, 0.15) is 5.56 Å². The predicted octanol–water partition coefficient (Wildman–Crippen LogP) is 3.77. The minimum atomic E-state index is -0.497. The first-order valence-corrected chi connectivity index (χ1v) is 7.53. The number of halogens is 1. The summed E-state index contributed by atoms with van der Waals surface area (Å²) in [6.07, 6.45) is 2.89. The maximum absolute atomic E-state index is 11.8. The fourth-order valence-corrected chi connectivity index (χ4v) is 2.18. The lowest BCUT2D eigenvalue weighted by Gasteiger charge is -2.07. The van der Waals surface area contributed by atoms with Crippen LogP contribution in [0.4, 0.5) is 11.4 Å². The summed E-state index contributed by atoms with van der Waals surface area (Å²) in [7, 11) is 0. The van der Waals surface area contributed by atoms with Crippen LogP contribution in [-0.4, -0.2) is 15.9 Å². The Kier molecular flexibility index (Phi) is 6.00. The Labute approximate surface area is 148 Å². The van der Waals surface area contributed by atoms with Crippen molar-refractivity contribution in [2.45, 2.75) is 0 Å². The van der Waals surface area contributed by atoms with Crippen molar-refractivity contribution >= 4 is 52.3 Å². The van der Waals surface area contributed by atoms with Crippen molar-refractivity contribution in [2.75, 3.05) is 5.32 Å². The number of nitro benzene ring substituents is 1. The van der Waals surface area contributed by atoms with Gasteiger partial charge in [0.15, 0.2) is 5.11 Å². The number of anilines is 1. The summed E-state index contributed by atoms with van der Waals surface area (Å²) >= 11 is 11.0. The highest BCUT2D eigenvalue weighted by Gasteiger charge is 2.06. The first-order chi connectivity index (χ1) is 11.5. The highest BCUT2D eigenvalue weighted by molar-refractivity contribution is 7.80. The fourth-order valence-electron chi connectivity index (χ4n) is 1.76. The second-order valence-electron chi connectivity index (χ2n) is 4.60. The highest BCUT2D eigenvalue weighted by Crippen LogP contribution is 2.16. The maximum Gasteiger partial charge on any atom is 0.269 e. The summed E-state index contributed by atoms with van der Waals surface area (Å²) in [6, 6.07) is 12.8. The van der Waals surface area contributed by atoms with E-state index in [-0.39, 0.29) is 10.8 Å². The molecule has 0 aromatic heterocycles. The summed E-state index contributed by atoms with van der Waals surface area (Å²) in [5.74, 6) is -0.422. The van der Waals surface area contributed by atoms with Crippen LogP contribution in [0.5, 0.6) is 0 Å². The number of nitrogens with zero attached hydrogens (tertiary/aromatic N) is 1. The van der Waals surface area contributed by atoms with Gasteiger partial charge in [0.05, 0.1) is 4.92 Å². The number of amides is 1. The van der Waals surface area contributed by atoms with Gasteiger partial charge in [0.25, 0.3) is 5.69 Å². The molecule has 0 fully saturated rings. The molecule has 0 atom stereocenters. The van der Waals surface area contributed by atoms with Gasteiger partial charge in [-0.05, 0) is 42.1 Å². The van der Waals surface area contributed by atoms with Crippen LogP contribution in [0.15, 0.2) is 54.6 Å². The van der Waals surface area contributed by atoms with Gasteiger partial charge in [0.1, 0.15) is 0 Å². The van der Waals surface area contributed by atoms with Gasteiger partial charge in [-0.2, -0.15) is 0 Å². The Morgan fingerprint density at radius 1 is 1.17 bits per heavy atom. The van der Waals surface area contributed by atoms with E-state index in [1.807, 2.05) is 6.07 Å². The maximum atomic E-state index is 11.8. The molecule has 0 saturated heterocycles. The molecule has 1 amide bonds. The molecule has 0 bridgehead atoms. The van der Waals surface area contributed by atoms with E-state index in [1.165, 1.54) is 30.3 Å². The molecule has 0 aliphatic heterocycles. The molecular formula is C16H12ClN3O3S. The second kappa shape index (κ2) is 8.19. The van der Waals surface area contributed by atoms with Gasteiger partial charge in [-0.25, -0.2) is 0 Å². The molecule has 0 heterocycles. The first-order valence-electron chi connectivity index (χ1n) is 6.75. The molecule has 0 aliphatic rings. The lowest BCUT2D eigenvalue weighted by molar-refractivity contribution is -0.384. The molecule has 2 aromatic carbocycles. The van der Waals surface area contributed by atoms with E-state index in [2.05, 4.69) is 10.6 Å². The van der Waals surface area contributed by atoms with E-state index < -0.39 is 10.8 Å². The number of benzene rings is 2. The minimum Gasteiger partial charge on any atom is -0.332 e. The SMILES string of the molecule is O=C(/C=C/c1ccccc1Cl)NC(=S)Nc1ccc([N+](=O)[O-])cc1. The first kappa shape index (κ1) is 17.6. The molecule has 2 aromatic rings. The Morgan fingerprint density at radius 3 is 2.46 bits per heavy atom. The van der Waals surface area contributed by atoms with Crippen LogP contribution in [-0.2, 0) is 4.79 Å². The summed E-state index contributed by atoms with van der Waals surface area (Å²) in [5.41, 5.74) is 1.21. The van der Waals surface area contributed by atoms with Gasteiger partial charge in [-0.15, -0.1) is 0 Å². The van der Waals surface area contributed by atoms with Crippen molar-refractivity contribution in [3.8, 4) is 0 Å². The van der Waals surface area contributed by atoms with Crippen molar-refractivity contribution in [3.63, 3.8) is 0 Å². The average Bonchev–Trinajstić information content (AvgIpc) is 2.54. The van der Waals surface area contributed by atoms with Crippen LogP contribution in [0.2, 0.25) is 5.02 Å². The van der Waals surface area contributed by atoms with Gasteiger partial charge in [0.2, 0.25) is 5.91 Å². The van der Waals surface area contributed by atoms with E-state index in [9.17, 15) is 14.9 Å². The number of nitro groups is 1. The zero-order chi connectivity index (χ0) is 17.5. The van der Waals surface area contributed by atoms with E-state index in [0.717, 1.165) is 0 Å². The number of carbonyl (C=O) groups excluding carboxylic acids is 1. The van der Waals surface area contributed by atoms with Crippen LogP contribution in [0, 0.1) is 10.1 Å². The number of carbonyl (C=O) groups is 1. The van der Waals surface area contributed by atoms with Crippen molar-refractivity contribution in [1.29, 1.82) is 0 Å². The van der Waals surface area contributed by atoms with Gasteiger partial charge >= 0.3 is 0 Å². The zero-order valence-electron chi connectivity index (χ0n) is 12.2. The molecule has 0 saturated carbocycles. The molecule has 2 N–H and O–H groups in total. The average molecular weight is 362 g/mol. The van der Waals surface area contributed by atoms with Crippen LogP contribution < -0.4 is 10.6 Å². The minimum absolute atomic E-state index is 0.0295. The predicted molar refractivity (Wildman–Crippen MR) is 97.9 cm³/mol. The lowest BCUT2D eigenvalue weighted by Crippen LogP contribution is -2.32. The lowest BCUT2D eigenvalue weighted by atomic mass is 10.2. The number of non-ortho nitro benzene ring substituents is 1. The van der Waals surface area contributed by atoms with Crippen LogP contribution in [0.3, 0.4) is 0 Å². The van der Waals surface area contributed by atoms with Crippen molar-refractivity contribution in [2.24, 2.45) is 0 Å². The third kappa shape index (κ3) is 5.15. The molecule has 0 aliphatic carbocycles. The number of hydrogen-bond donors (Lipinski definition) is 2. The van der Waals surface area contributed by atoms with E-state index in [1.54, 1.807) is 24.3 Å². The van der Waals surface area contributed by atoms with Gasteiger partial charge in [0, 0.05) is 28.9 Å². The smallest absolute Gasteiger partial charge is 0.269 e. The van der Waals surface area contributed by atoms with E-state index in [4.69, 9.17) is 23.8 Å². The molecule has 0 unspecified atom stereocenters. The van der Waals surface area contributed by atoms with Gasteiger partial charge < -0.3 is 5.32 Å². The monoisotopic (exact) mass is 361 g/mol. The normalized spacial score (nSPS) is 10.4. The van der Waals surface area contributed by atoms with Crippen molar-refractivity contribution in [3.05, 3.63) is 75.3 Å². The number of nitrogens with one attached hydrogen (secondary N) is 2. The van der Waals surface area contributed by atoms with E-state index in [0.29, 0.717) is 16.3 Å². The molecule has 0 radical (unpaired) electrons. The number of rotatable bonds is 4. The van der Waals surface area contributed by atoms with Gasteiger partial charge in [-0.3, -0.25) is 20.2 Å².